The molecule has 5 nitrogen and oxygen atoms in total. The number of amides is 2. The highest BCUT2D eigenvalue weighted by molar-refractivity contribution is 6.30. The maximum Gasteiger partial charge on any atom is 0.240 e. The summed E-state index contributed by atoms with van der Waals surface area (Å²) in [6.45, 7) is 2.81. The fourth-order valence-corrected chi connectivity index (χ4v) is 1.97. The smallest absolute Gasteiger partial charge is 0.240 e. The van der Waals surface area contributed by atoms with Gasteiger partial charge in [-0.25, -0.2) is 5.43 Å². The van der Waals surface area contributed by atoms with E-state index in [0.29, 0.717) is 30.7 Å². The Labute approximate surface area is 142 Å². The molecule has 126 valence electrons. The number of hydrogen-bond acceptors (Lipinski definition) is 3. The number of carbonyl (C=O) groups is 2. The van der Waals surface area contributed by atoms with E-state index < -0.39 is 0 Å². The first-order chi connectivity index (χ1) is 11.1. The largest absolute Gasteiger partial charge is 0.356 e. The predicted octanol–water partition coefficient (Wildman–Crippen LogP) is 3.27. The summed E-state index contributed by atoms with van der Waals surface area (Å²) >= 11 is 5.78. The van der Waals surface area contributed by atoms with Gasteiger partial charge in [-0.05, 0) is 37.0 Å². The van der Waals surface area contributed by atoms with Crippen molar-refractivity contribution in [1.29, 1.82) is 0 Å². The molecule has 0 unspecified atom stereocenters. The zero-order chi connectivity index (χ0) is 16.9. The van der Waals surface area contributed by atoms with Crippen molar-refractivity contribution in [2.24, 2.45) is 5.10 Å². The molecule has 0 radical (unpaired) electrons. The molecule has 2 amide bonds. The number of carbonyl (C=O) groups excluding carboxylic acids is 2. The van der Waals surface area contributed by atoms with E-state index in [-0.39, 0.29) is 11.8 Å². The quantitative estimate of drug-likeness (QED) is 0.391. The average molecular weight is 338 g/mol. The number of benzene rings is 1. The Kier molecular flexibility index (Phi) is 9.71. The summed E-state index contributed by atoms with van der Waals surface area (Å²) in [6, 6.07) is 7.15. The molecule has 0 aromatic heterocycles. The first-order valence-corrected chi connectivity index (χ1v) is 8.33. The van der Waals surface area contributed by atoms with Crippen LogP contribution in [0.25, 0.3) is 0 Å². The Morgan fingerprint density at radius 2 is 1.74 bits per heavy atom. The number of hydrazone groups is 1. The van der Waals surface area contributed by atoms with Gasteiger partial charge >= 0.3 is 0 Å². The van der Waals surface area contributed by atoms with Gasteiger partial charge in [-0.1, -0.05) is 37.1 Å². The summed E-state index contributed by atoms with van der Waals surface area (Å²) in [5.74, 6) is -0.0961. The molecule has 0 saturated carbocycles. The van der Waals surface area contributed by atoms with E-state index in [1.807, 2.05) is 12.1 Å². The van der Waals surface area contributed by atoms with Gasteiger partial charge < -0.3 is 5.32 Å². The van der Waals surface area contributed by atoms with Crippen LogP contribution in [-0.2, 0) is 9.59 Å². The first-order valence-electron chi connectivity index (χ1n) is 7.96. The lowest BCUT2D eigenvalue weighted by Gasteiger charge is -2.04. The molecule has 0 spiro atoms. The summed E-state index contributed by atoms with van der Waals surface area (Å²) in [6.07, 6.45) is 5.83. The van der Waals surface area contributed by atoms with Gasteiger partial charge in [0.15, 0.2) is 0 Å². The van der Waals surface area contributed by atoms with Crippen LogP contribution in [0.2, 0.25) is 5.02 Å². The van der Waals surface area contributed by atoms with Crippen LogP contribution in [0.1, 0.15) is 51.0 Å². The first kappa shape index (κ1) is 19.2. The van der Waals surface area contributed by atoms with Crippen LogP contribution in [0.5, 0.6) is 0 Å². The zero-order valence-corrected chi connectivity index (χ0v) is 14.2. The van der Waals surface area contributed by atoms with Gasteiger partial charge in [0.05, 0.1) is 6.21 Å². The highest BCUT2D eigenvalue weighted by atomic mass is 35.5. The standard InChI is InChI=1S/C17H24ClN3O2/c1-2-3-12-19-16(22)6-4-5-7-17(23)21-20-13-14-8-10-15(18)11-9-14/h8-11,13H,2-7,12H2,1H3,(H,19,22)(H,21,23)/b20-13+. The van der Waals surface area contributed by atoms with Crippen LogP contribution in [0.4, 0.5) is 0 Å². The molecule has 0 heterocycles. The highest BCUT2D eigenvalue weighted by Crippen LogP contribution is 2.07. The molecule has 23 heavy (non-hydrogen) atoms. The average Bonchev–Trinajstić information content (AvgIpc) is 2.54. The number of nitrogens with zero attached hydrogens (tertiary/aromatic N) is 1. The molecule has 6 heteroatoms. The van der Waals surface area contributed by atoms with Crippen molar-refractivity contribution < 1.29 is 9.59 Å². The number of halogens is 1. The molecule has 0 saturated heterocycles. The summed E-state index contributed by atoms with van der Waals surface area (Å²) in [4.78, 5) is 23.1. The number of rotatable bonds is 10. The molecule has 1 aromatic carbocycles. The molecular weight excluding hydrogens is 314 g/mol. The molecule has 1 aromatic rings. The third-order valence-electron chi connectivity index (χ3n) is 3.18. The maximum absolute atomic E-state index is 11.6. The highest BCUT2D eigenvalue weighted by Gasteiger charge is 2.03. The van der Waals surface area contributed by atoms with Crippen molar-refractivity contribution in [3.8, 4) is 0 Å². The molecular formula is C17H24ClN3O2. The second kappa shape index (κ2) is 11.7. The minimum atomic E-state index is -0.151. The summed E-state index contributed by atoms with van der Waals surface area (Å²) in [7, 11) is 0. The Bertz CT molecular complexity index is 515. The zero-order valence-electron chi connectivity index (χ0n) is 13.5. The number of nitrogens with one attached hydrogen (secondary N) is 2. The number of unbranched alkanes of at least 4 members (excludes halogenated alkanes) is 2. The number of hydrogen-bond donors (Lipinski definition) is 2. The molecule has 0 aliphatic heterocycles. The van der Waals surface area contributed by atoms with E-state index in [0.717, 1.165) is 24.9 Å². The van der Waals surface area contributed by atoms with Crippen molar-refractivity contribution >= 4 is 29.6 Å². The van der Waals surface area contributed by atoms with Gasteiger partial charge in [-0.2, -0.15) is 5.10 Å². The van der Waals surface area contributed by atoms with Crippen LogP contribution < -0.4 is 10.7 Å². The van der Waals surface area contributed by atoms with Crippen LogP contribution in [0.15, 0.2) is 29.4 Å². The van der Waals surface area contributed by atoms with Crippen molar-refractivity contribution in [1.82, 2.24) is 10.7 Å². The topological polar surface area (TPSA) is 70.6 Å². The van der Waals surface area contributed by atoms with Crippen molar-refractivity contribution in [3.63, 3.8) is 0 Å². The lowest BCUT2D eigenvalue weighted by atomic mass is 10.2. The SMILES string of the molecule is CCCCNC(=O)CCCCC(=O)N/N=C/c1ccc(Cl)cc1. The van der Waals surface area contributed by atoms with E-state index >= 15 is 0 Å². The summed E-state index contributed by atoms with van der Waals surface area (Å²) < 4.78 is 0. The molecule has 1 rings (SSSR count). The van der Waals surface area contributed by atoms with Gasteiger partial charge in [-0.15, -0.1) is 0 Å². The second-order valence-electron chi connectivity index (χ2n) is 5.26. The van der Waals surface area contributed by atoms with Crippen LogP contribution in [0.3, 0.4) is 0 Å². The van der Waals surface area contributed by atoms with E-state index in [1.54, 1.807) is 18.3 Å². The second-order valence-corrected chi connectivity index (χ2v) is 5.69. The van der Waals surface area contributed by atoms with Crippen molar-refractivity contribution in [2.45, 2.75) is 45.4 Å². The van der Waals surface area contributed by atoms with E-state index in [9.17, 15) is 9.59 Å². The molecule has 0 bridgehead atoms. The van der Waals surface area contributed by atoms with E-state index in [2.05, 4.69) is 22.8 Å². The fraction of sp³-hybridized carbons (Fsp3) is 0.471. The Hall–Kier alpha value is -1.88. The normalized spacial score (nSPS) is 10.7. The summed E-state index contributed by atoms with van der Waals surface area (Å²) in [5, 5.41) is 7.40. The van der Waals surface area contributed by atoms with Gasteiger partial charge in [-0.3, -0.25) is 9.59 Å². The van der Waals surface area contributed by atoms with E-state index in [4.69, 9.17) is 11.6 Å². The van der Waals surface area contributed by atoms with Crippen molar-refractivity contribution in [2.75, 3.05) is 6.54 Å². The lowest BCUT2D eigenvalue weighted by molar-refractivity contribution is -0.123. The Morgan fingerprint density at radius 3 is 2.39 bits per heavy atom. The van der Waals surface area contributed by atoms with Gasteiger partial charge in [0.25, 0.3) is 0 Å². The van der Waals surface area contributed by atoms with Gasteiger partial charge in [0, 0.05) is 24.4 Å². The van der Waals surface area contributed by atoms with Crippen molar-refractivity contribution in [3.05, 3.63) is 34.9 Å². The van der Waals surface area contributed by atoms with Crippen LogP contribution in [-0.4, -0.2) is 24.6 Å². The maximum atomic E-state index is 11.6. The fourth-order valence-electron chi connectivity index (χ4n) is 1.85. The van der Waals surface area contributed by atoms with Crippen LogP contribution >= 0.6 is 11.6 Å². The molecule has 0 aliphatic rings. The third-order valence-corrected chi connectivity index (χ3v) is 3.44. The molecule has 0 fully saturated rings. The molecule has 2 N–H and O–H groups in total. The summed E-state index contributed by atoms with van der Waals surface area (Å²) in [5.41, 5.74) is 3.33. The van der Waals surface area contributed by atoms with Crippen LogP contribution in [0, 0.1) is 0 Å². The third kappa shape index (κ3) is 9.68. The Morgan fingerprint density at radius 1 is 1.09 bits per heavy atom. The van der Waals surface area contributed by atoms with Gasteiger partial charge in [0.2, 0.25) is 11.8 Å². The van der Waals surface area contributed by atoms with E-state index in [1.165, 1.54) is 0 Å². The lowest BCUT2D eigenvalue weighted by Crippen LogP contribution is -2.24. The molecule has 0 atom stereocenters. The minimum Gasteiger partial charge on any atom is -0.356 e. The monoisotopic (exact) mass is 337 g/mol. The Balaban J connectivity index is 2.10. The minimum absolute atomic E-state index is 0.0552. The molecule has 0 aliphatic carbocycles. The predicted molar refractivity (Wildman–Crippen MR) is 93.6 cm³/mol. The van der Waals surface area contributed by atoms with Gasteiger partial charge in [0.1, 0.15) is 0 Å².